The second-order valence-corrected chi connectivity index (χ2v) is 4.01. The number of ether oxygens (including phenoxy) is 1. The average Bonchev–Trinajstić information content (AvgIpc) is 2.65. The molecule has 0 aliphatic carbocycles. The van der Waals surface area contributed by atoms with E-state index in [0.29, 0.717) is 19.2 Å². The van der Waals surface area contributed by atoms with Crippen LogP contribution in [-0.4, -0.2) is 33.6 Å². The maximum atomic E-state index is 10.4. The van der Waals surface area contributed by atoms with Gasteiger partial charge in [0.1, 0.15) is 12.4 Å². The molecule has 2 heterocycles. The fourth-order valence-electron chi connectivity index (χ4n) is 1.52. The van der Waals surface area contributed by atoms with Crippen LogP contribution in [-0.2, 0) is 4.74 Å². The molecule has 1 N–H and O–H groups in total. The fourth-order valence-corrected chi connectivity index (χ4v) is 1.52. The van der Waals surface area contributed by atoms with Gasteiger partial charge < -0.3 is 10.1 Å². The molecule has 1 saturated heterocycles. The Morgan fingerprint density at radius 1 is 1.56 bits per heavy atom. The zero-order valence-electron chi connectivity index (χ0n) is 8.84. The van der Waals surface area contributed by atoms with E-state index in [1.807, 2.05) is 6.92 Å². The van der Waals surface area contributed by atoms with E-state index < -0.39 is 4.92 Å². The van der Waals surface area contributed by atoms with Crippen LogP contribution in [0.4, 0.5) is 11.6 Å². The Bertz CT molecular complexity index is 386. The molecular weight excluding hydrogens is 212 g/mol. The molecule has 0 spiro atoms. The predicted octanol–water partition coefficient (Wildman–Crippen LogP) is 0.976. The van der Waals surface area contributed by atoms with Crippen molar-refractivity contribution < 1.29 is 9.66 Å². The highest BCUT2D eigenvalue weighted by Crippen LogP contribution is 2.22. The molecule has 1 atom stereocenters. The standard InChI is InChI=1S/C9H12N4O3/c1-9(2-3-16-6-9)12-8-10-4-7(5-11-8)13(14)15/h4-5H,2-3,6H2,1H3,(H,10,11,12). The third-order valence-electron chi connectivity index (χ3n) is 2.48. The number of aromatic nitrogens is 2. The van der Waals surface area contributed by atoms with Gasteiger partial charge in [-0.15, -0.1) is 0 Å². The van der Waals surface area contributed by atoms with Crippen LogP contribution in [0.2, 0.25) is 0 Å². The maximum Gasteiger partial charge on any atom is 0.305 e. The molecule has 86 valence electrons. The first kappa shape index (κ1) is 10.7. The van der Waals surface area contributed by atoms with Crippen molar-refractivity contribution in [2.75, 3.05) is 18.5 Å². The third kappa shape index (κ3) is 2.25. The van der Waals surface area contributed by atoms with Crippen molar-refractivity contribution in [3.8, 4) is 0 Å². The molecular formula is C9H12N4O3. The summed E-state index contributed by atoms with van der Waals surface area (Å²) in [6, 6.07) is 0. The van der Waals surface area contributed by atoms with Gasteiger partial charge in [0, 0.05) is 6.61 Å². The zero-order chi connectivity index (χ0) is 11.6. The Labute approximate surface area is 92.0 Å². The summed E-state index contributed by atoms with van der Waals surface area (Å²) in [7, 11) is 0. The van der Waals surface area contributed by atoms with Crippen LogP contribution in [0.3, 0.4) is 0 Å². The molecule has 1 aliphatic heterocycles. The first-order valence-corrected chi connectivity index (χ1v) is 4.91. The smallest absolute Gasteiger partial charge is 0.305 e. The highest BCUT2D eigenvalue weighted by molar-refractivity contribution is 5.33. The first-order chi connectivity index (χ1) is 7.59. The van der Waals surface area contributed by atoms with Crippen molar-refractivity contribution in [1.82, 2.24) is 9.97 Å². The van der Waals surface area contributed by atoms with Crippen LogP contribution in [0, 0.1) is 10.1 Å². The Balaban J connectivity index is 2.07. The number of hydrogen-bond acceptors (Lipinski definition) is 6. The van der Waals surface area contributed by atoms with E-state index in [9.17, 15) is 10.1 Å². The normalized spacial score (nSPS) is 24.3. The number of nitrogens with one attached hydrogen (secondary N) is 1. The van der Waals surface area contributed by atoms with Crippen molar-refractivity contribution >= 4 is 11.6 Å². The molecule has 0 aromatic carbocycles. The summed E-state index contributed by atoms with van der Waals surface area (Å²) in [4.78, 5) is 17.7. The van der Waals surface area contributed by atoms with Crippen LogP contribution in [0.15, 0.2) is 12.4 Å². The number of anilines is 1. The highest BCUT2D eigenvalue weighted by Gasteiger charge is 2.30. The Hall–Kier alpha value is -1.76. The summed E-state index contributed by atoms with van der Waals surface area (Å²) in [6.07, 6.45) is 3.25. The molecule has 1 unspecified atom stereocenters. The minimum Gasteiger partial charge on any atom is -0.379 e. The summed E-state index contributed by atoms with van der Waals surface area (Å²) in [6.45, 7) is 3.30. The summed E-state index contributed by atoms with van der Waals surface area (Å²) < 4.78 is 5.27. The van der Waals surface area contributed by atoms with Crippen molar-refractivity contribution in [1.29, 1.82) is 0 Å². The summed E-state index contributed by atoms with van der Waals surface area (Å²) in [5.74, 6) is 0.388. The van der Waals surface area contributed by atoms with Crippen molar-refractivity contribution in [2.45, 2.75) is 18.9 Å². The molecule has 1 aromatic rings. The second kappa shape index (κ2) is 4.01. The number of nitrogens with zero attached hydrogens (tertiary/aromatic N) is 3. The van der Waals surface area contributed by atoms with Gasteiger partial charge in [-0.3, -0.25) is 10.1 Å². The predicted molar refractivity (Wildman–Crippen MR) is 56.2 cm³/mol. The van der Waals surface area contributed by atoms with Gasteiger partial charge in [0.25, 0.3) is 0 Å². The molecule has 0 amide bonds. The van der Waals surface area contributed by atoms with Crippen molar-refractivity contribution in [3.63, 3.8) is 0 Å². The van der Waals surface area contributed by atoms with Gasteiger partial charge in [-0.2, -0.15) is 0 Å². The Morgan fingerprint density at radius 3 is 2.75 bits per heavy atom. The van der Waals surface area contributed by atoms with Gasteiger partial charge in [0.2, 0.25) is 5.95 Å². The minimum atomic E-state index is -0.524. The molecule has 1 aromatic heterocycles. The summed E-state index contributed by atoms with van der Waals surface area (Å²) >= 11 is 0. The lowest BCUT2D eigenvalue weighted by Gasteiger charge is -2.22. The molecule has 7 nitrogen and oxygen atoms in total. The monoisotopic (exact) mass is 224 g/mol. The lowest BCUT2D eigenvalue weighted by molar-refractivity contribution is -0.385. The van der Waals surface area contributed by atoms with E-state index in [0.717, 1.165) is 6.42 Å². The average molecular weight is 224 g/mol. The molecule has 0 bridgehead atoms. The highest BCUT2D eigenvalue weighted by atomic mass is 16.6. The quantitative estimate of drug-likeness (QED) is 0.607. The van der Waals surface area contributed by atoms with Gasteiger partial charge in [-0.25, -0.2) is 9.97 Å². The molecule has 7 heteroatoms. The maximum absolute atomic E-state index is 10.4. The summed E-state index contributed by atoms with van der Waals surface area (Å²) in [5.41, 5.74) is -0.297. The van der Waals surface area contributed by atoms with E-state index >= 15 is 0 Å². The molecule has 0 saturated carbocycles. The van der Waals surface area contributed by atoms with Crippen LogP contribution in [0.5, 0.6) is 0 Å². The van der Waals surface area contributed by atoms with E-state index in [2.05, 4.69) is 15.3 Å². The van der Waals surface area contributed by atoms with Crippen molar-refractivity contribution in [2.24, 2.45) is 0 Å². The van der Waals surface area contributed by atoms with Gasteiger partial charge in [0.05, 0.1) is 17.1 Å². The number of nitro groups is 1. The van der Waals surface area contributed by atoms with Crippen LogP contribution in [0.1, 0.15) is 13.3 Å². The molecule has 16 heavy (non-hydrogen) atoms. The van der Waals surface area contributed by atoms with Crippen LogP contribution < -0.4 is 5.32 Å². The largest absolute Gasteiger partial charge is 0.379 e. The SMILES string of the molecule is CC1(Nc2ncc([N+](=O)[O-])cn2)CCOC1. The Morgan fingerprint density at radius 2 is 2.25 bits per heavy atom. The number of hydrogen-bond donors (Lipinski definition) is 1. The minimum absolute atomic E-state index is 0.113. The Kier molecular flexibility index (Phi) is 2.69. The van der Waals surface area contributed by atoms with E-state index in [1.54, 1.807) is 0 Å². The zero-order valence-corrected chi connectivity index (χ0v) is 8.84. The van der Waals surface area contributed by atoms with Gasteiger partial charge in [-0.05, 0) is 13.3 Å². The van der Waals surface area contributed by atoms with Gasteiger partial charge in [0.15, 0.2) is 0 Å². The van der Waals surface area contributed by atoms with E-state index in [-0.39, 0.29) is 11.2 Å². The van der Waals surface area contributed by atoms with Crippen LogP contribution >= 0.6 is 0 Å². The number of rotatable bonds is 3. The van der Waals surface area contributed by atoms with E-state index in [1.165, 1.54) is 12.4 Å². The lowest BCUT2D eigenvalue weighted by Crippen LogP contribution is -2.35. The van der Waals surface area contributed by atoms with E-state index in [4.69, 9.17) is 4.74 Å². The third-order valence-corrected chi connectivity index (χ3v) is 2.48. The summed E-state index contributed by atoms with van der Waals surface area (Å²) in [5, 5.41) is 13.5. The fraction of sp³-hybridized carbons (Fsp3) is 0.556. The molecule has 1 fully saturated rings. The van der Waals surface area contributed by atoms with Gasteiger partial charge in [-0.1, -0.05) is 0 Å². The molecule has 2 rings (SSSR count). The van der Waals surface area contributed by atoms with Gasteiger partial charge >= 0.3 is 5.69 Å². The van der Waals surface area contributed by atoms with Crippen molar-refractivity contribution in [3.05, 3.63) is 22.5 Å². The molecule has 0 radical (unpaired) electrons. The van der Waals surface area contributed by atoms with Crippen LogP contribution in [0.25, 0.3) is 0 Å². The second-order valence-electron chi connectivity index (χ2n) is 4.01. The first-order valence-electron chi connectivity index (χ1n) is 4.91. The lowest BCUT2D eigenvalue weighted by atomic mass is 10.0. The molecule has 1 aliphatic rings. The topological polar surface area (TPSA) is 90.2 Å².